The zero-order valence-corrected chi connectivity index (χ0v) is 4.45. The van der Waals surface area contributed by atoms with E-state index in [2.05, 4.69) is 15.8 Å². The fourth-order valence-electron chi connectivity index (χ4n) is 0. The van der Waals surface area contributed by atoms with Crippen LogP contribution < -0.4 is 5.43 Å². The van der Waals surface area contributed by atoms with E-state index in [1.165, 1.54) is 0 Å². The second-order valence-electron chi connectivity index (χ2n) is 0.783. The quantitative estimate of drug-likeness (QED) is 0.330. The Bertz CT molecular complexity index is 21.6. The molecule has 1 N–H and O–H groups in total. The summed E-state index contributed by atoms with van der Waals surface area (Å²) in [7, 11) is 6.82. The van der Waals surface area contributed by atoms with Crippen LogP contribution in [0.25, 0.3) is 0 Å². The van der Waals surface area contributed by atoms with Gasteiger partial charge in [0.25, 0.3) is 0 Å². The molecule has 0 saturated carbocycles. The average molecular weight is 87.2 g/mol. The number of hydrogen-bond acceptors (Lipinski definition) is 2. The van der Waals surface area contributed by atoms with Crippen LogP contribution in [0.15, 0.2) is 0 Å². The molecule has 0 atom stereocenters. The maximum atomic E-state index is 3.14. The van der Waals surface area contributed by atoms with Crippen LogP contribution in [-0.2, 0) is 0 Å². The molecule has 0 aliphatic heterocycles. The van der Waals surface area contributed by atoms with Crippen LogP contribution in [0.5, 0.6) is 0 Å². The van der Waals surface area contributed by atoms with E-state index in [1.54, 1.807) is 4.67 Å². The zero-order valence-electron chi connectivity index (χ0n) is 3.45. The van der Waals surface area contributed by atoms with E-state index in [0.717, 1.165) is 0 Å². The van der Waals surface area contributed by atoms with Gasteiger partial charge in [-0.05, 0) is 14.1 Å². The molecule has 0 aromatic heterocycles. The smallest absolute Gasteiger partial charge is 0.166 e. The van der Waals surface area contributed by atoms with Crippen molar-refractivity contribution in [1.82, 2.24) is 10.1 Å². The van der Waals surface area contributed by atoms with Gasteiger partial charge in [0.1, 0.15) is 0 Å². The molecule has 0 aliphatic rings. The predicted molar refractivity (Wildman–Crippen MR) is 22.6 cm³/mol. The maximum Gasteiger partial charge on any atom is 0.166 e. The van der Waals surface area contributed by atoms with Gasteiger partial charge in [0, 0.05) is 0 Å². The molecule has 0 amide bonds. The second kappa shape index (κ2) is 2.38. The van der Waals surface area contributed by atoms with Gasteiger partial charge in [0.15, 0.2) is 10.4 Å². The third kappa shape index (κ3) is 4.14. The van der Waals surface area contributed by atoms with Gasteiger partial charge in [-0.3, -0.25) is 10.1 Å². The van der Waals surface area contributed by atoms with Gasteiger partial charge in [0.05, 0.1) is 0 Å². The molecule has 0 aromatic rings. The van der Waals surface area contributed by atoms with Crippen molar-refractivity contribution in [3.05, 3.63) is 0 Å². The molecular formula is C2H7N2Si. The van der Waals surface area contributed by atoms with E-state index in [-0.39, 0.29) is 0 Å². The minimum Gasteiger partial charge on any atom is -0.274 e. The molecule has 0 spiro atoms. The highest BCUT2D eigenvalue weighted by atomic mass is 28.2. The van der Waals surface area contributed by atoms with E-state index < -0.39 is 0 Å². The Labute approximate surface area is 35.6 Å². The van der Waals surface area contributed by atoms with Crippen molar-refractivity contribution in [3.63, 3.8) is 0 Å². The minimum absolute atomic E-state index is 1.68. The fraction of sp³-hybridized carbons (Fsp3) is 1.00. The predicted octanol–water partition coefficient (Wildman–Crippen LogP) is -0.864. The minimum atomic E-state index is 1.68. The third-order valence-electron chi connectivity index (χ3n) is 0.335. The average Bonchev–Trinajstić information content (AvgIpc) is 1.38. The lowest BCUT2D eigenvalue weighted by atomic mass is 11.4. The van der Waals surface area contributed by atoms with Crippen molar-refractivity contribution in [2.45, 2.75) is 0 Å². The van der Waals surface area contributed by atoms with Gasteiger partial charge in [0.2, 0.25) is 0 Å². The van der Waals surface area contributed by atoms with Crippen LogP contribution in [0, 0.1) is 0 Å². The Kier molecular flexibility index (Phi) is 2.44. The summed E-state index contributed by atoms with van der Waals surface area (Å²) in [6, 6.07) is 0. The summed E-state index contributed by atoms with van der Waals surface area (Å²) in [5.74, 6) is 0. The van der Waals surface area contributed by atoms with Crippen LogP contribution in [0.1, 0.15) is 0 Å². The summed E-state index contributed by atoms with van der Waals surface area (Å²) in [4.78, 5) is 0. The molecule has 3 heteroatoms. The number of rotatable bonds is 1. The summed E-state index contributed by atoms with van der Waals surface area (Å²) >= 11 is 0. The van der Waals surface area contributed by atoms with Crippen molar-refractivity contribution in [3.8, 4) is 0 Å². The first-order valence-corrected chi connectivity index (χ1v) is 1.84. The van der Waals surface area contributed by atoms with Crippen LogP contribution >= 0.6 is 0 Å². The Hall–Kier alpha value is 0.137. The molecule has 3 radical (unpaired) electrons. The molecule has 0 aromatic carbocycles. The lowest BCUT2D eigenvalue weighted by molar-refractivity contribution is 0.446. The standard InChI is InChI=1S/C2H7N2Si/c1-3-4(2)5/h3H,1-2H3. The molecule has 2 nitrogen and oxygen atoms in total. The Morgan fingerprint density at radius 3 is 2.00 bits per heavy atom. The van der Waals surface area contributed by atoms with E-state index >= 15 is 0 Å². The monoisotopic (exact) mass is 87.0 g/mol. The molecule has 0 rings (SSSR count). The number of nitrogens with zero attached hydrogens (tertiary/aromatic N) is 1. The first-order chi connectivity index (χ1) is 2.27. The van der Waals surface area contributed by atoms with E-state index in [0.29, 0.717) is 0 Å². The summed E-state index contributed by atoms with van der Waals surface area (Å²) in [5.41, 5.74) is 2.77. The van der Waals surface area contributed by atoms with Gasteiger partial charge in [-0.2, -0.15) is 0 Å². The summed E-state index contributed by atoms with van der Waals surface area (Å²) < 4.78 is 1.68. The van der Waals surface area contributed by atoms with Gasteiger partial charge < -0.3 is 0 Å². The van der Waals surface area contributed by atoms with Gasteiger partial charge >= 0.3 is 0 Å². The molecule has 0 aliphatic carbocycles. The van der Waals surface area contributed by atoms with Crippen LogP contribution in [0.4, 0.5) is 0 Å². The number of hydrogen-bond donors (Lipinski definition) is 1. The normalized spacial score (nSPS) is 9.60. The molecule has 0 fully saturated rings. The molecule has 0 unspecified atom stereocenters. The first kappa shape index (κ1) is 5.14. The van der Waals surface area contributed by atoms with E-state index in [9.17, 15) is 0 Å². The summed E-state index contributed by atoms with van der Waals surface area (Å²) in [5, 5.41) is 0. The molecular weight excluding hydrogens is 80.1 g/mol. The lowest BCUT2D eigenvalue weighted by Crippen LogP contribution is -2.27. The van der Waals surface area contributed by atoms with Crippen LogP contribution in [0.3, 0.4) is 0 Å². The Morgan fingerprint density at radius 2 is 2.00 bits per heavy atom. The molecule has 0 bridgehead atoms. The second-order valence-corrected chi connectivity index (χ2v) is 1.45. The van der Waals surface area contributed by atoms with Crippen molar-refractivity contribution in [2.75, 3.05) is 14.1 Å². The Morgan fingerprint density at radius 1 is 1.80 bits per heavy atom. The van der Waals surface area contributed by atoms with Gasteiger partial charge in [-0.25, -0.2) is 0 Å². The molecule has 0 saturated heterocycles. The van der Waals surface area contributed by atoms with Crippen molar-refractivity contribution in [2.24, 2.45) is 0 Å². The summed E-state index contributed by atoms with van der Waals surface area (Å²) in [6.45, 7) is 0. The van der Waals surface area contributed by atoms with Crippen molar-refractivity contribution >= 4 is 10.4 Å². The number of nitrogens with one attached hydrogen (secondary N) is 1. The molecule has 29 valence electrons. The van der Waals surface area contributed by atoms with Gasteiger partial charge in [-0.1, -0.05) is 0 Å². The van der Waals surface area contributed by atoms with E-state index in [4.69, 9.17) is 0 Å². The zero-order chi connectivity index (χ0) is 4.28. The molecule has 0 heterocycles. The van der Waals surface area contributed by atoms with Crippen LogP contribution in [0.2, 0.25) is 0 Å². The lowest BCUT2D eigenvalue weighted by Gasteiger charge is -2.02. The highest BCUT2D eigenvalue weighted by molar-refractivity contribution is 6.03. The van der Waals surface area contributed by atoms with Crippen molar-refractivity contribution in [1.29, 1.82) is 0 Å². The number of hydrazine groups is 1. The maximum absolute atomic E-state index is 3.14. The first-order valence-electron chi connectivity index (χ1n) is 1.39. The van der Waals surface area contributed by atoms with Crippen LogP contribution in [-0.4, -0.2) is 29.2 Å². The third-order valence-corrected chi connectivity index (χ3v) is 0.559. The topological polar surface area (TPSA) is 15.3 Å². The molecule has 5 heavy (non-hydrogen) atoms. The largest absolute Gasteiger partial charge is 0.274 e. The SMILES string of the molecule is CNN(C)[Si]. The highest BCUT2D eigenvalue weighted by Crippen LogP contribution is 1.46. The van der Waals surface area contributed by atoms with Gasteiger partial charge in [-0.15, -0.1) is 0 Å². The Balaban J connectivity index is 2.54. The fourth-order valence-corrected chi connectivity index (χ4v) is 0. The highest BCUT2D eigenvalue weighted by Gasteiger charge is 1.70. The summed E-state index contributed by atoms with van der Waals surface area (Å²) in [6.07, 6.45) is 0. The van der Waals surface area contributed by atoms with Crippen molar-refractivity contribution < 1.29 is 0 Å². The van der Waals surface area contributed by atoms with E-state index in [1.807, 2.05) is 14.1 Å².